The van der Waals surface area contributed by atoms with Crippen molar-refractivity contribution in [1.82, 2.24) is 15.3 Å². The number of fused-ring (bicyclic) bond motifs is 1. The minimum atomic E-state index is -0.102. The summed E-state index contributed by atoms with van der Waals surface area (Å²) in [4.78, 5) is 24.3. The monoisotopic (exact) mass is 406 g/mol. The molecule has 4 rings (SSSR count). The molecule has 0 aliphatic carbocycles. The number of carbonyl (C=O) groups excluding carboxylic acids is 1. The Hall–Kier alpha value is -3.35. The summed E-state index contributed by atoms with van der Waals surface area (Å²) < 4.78 is 10.7. The number of piperidine rings is 1. The fourth-order valence-electron chi connectivity index (χ4n) is 3.78. The summed E-state index contributed by atoms with van der Waals surface area (Å²) in [7, 11) is 3.24. The third kappa shape index (κ3) is 4.30. The molecular weight excluding hydrogens is 380 g/mol. The van der Waals surface area contributed by atoms with Gasteiger partial charge in [-0.05, 0) is 42.7 Å². The number of amides is 1. The summed E-state index contributed by atoms with van der Waals surface area (Å²) in [5.41, 5.74) is 2.65. The second-order valence-electron chi connectivity index (χ2n) is 7.40. The number of hydrogen-bond donors (Lipinski definition) is 1. The van der Waals surface area contributed by atoms with E-state index in [1.54, 1.807) is 14.2 Å². The van der Waals surface area contributed by atoms with E-state index < -0.39 is 0 Å². The Bertz CT molecular complexity index is 1020. The molecule has 1 N–H and O–H groups in total. The molecule has 1 amide bonds. The number of nitrogens with zero attached hydrogens (tertiary/aromatic N) is 3. The van der Waals surface area contributed by atoms with Gasteiger partial charge in [0.05, 0.1) is 31.2 Å². The van der Waals surface area contributed by atoms with Crippen molar-refractivity contribution in [3.63, 3.8) is 0 Å². The molecule has 2 aromatic carbocycles. The third-order valence-electron chi connectivity index (χ3n) is 5.43. The summed E-state index contributed by atoms with van der Waals surface area (Å²) >= 11 is 0. The van der Waals surface area contributed by atoms with E-state index in [1.807, 2.05) is 48.5 Å². The van der Waals surface area contributed by atoms with Gasteiger partial charge in [-0.2, -0.15) is 0 Å². The molecule has 1 aromatic heterocycles. The zero-order chi connectivity index (χ0) is 20.9. The highest BCUT2D eigenvalue weighted by atomic mass is 16.5. The third-order valence-corrected chi connectivity index (χ3v) is 5.43. The lowest BCUT2D eigenvalue weighted by Gasteiger charge is -2.33. The second-order valence-corrected chi connectivity index (χ2v) is 7.40. The smallest absolute Gasteiger partial charge is 0.257 e. The van der Waals surface area contributed by atoms with E-state index in [4.69, 9.17) is 14.5 Å². The van der Waals surface area contributed by atoms with Crippen LogP contribution in [0.25, 0.3) is 11.0 Å². The van der Waals surface area contributed by atoms with E-state index in [-0.39, 0.29) is 11.8 Å². The Labute approximate surface area is 176 Å². The fraction of sp³-hybridized carbons (Fsp3) is 0.348. The van der Waals surface area contributed by atoms with Gasteiger partial charge in [0.15, 0.2) is 5.82 Å². The molecule has 0 radical (unpaired) electrons. The van der Waals surface area contributed by atoms with E-state index in [0.717, 1.165) is 41.7 Å². The Morgan fingerprint density at radius 3 is 2.50 bits per heavy atom. The highest BCUT2D eigenvalue weighted by molar-refractivity contribution is 5.80. The van der Waals surface area contributed by atoms with Crippen LogP contribution in [0, 0.1) is 5.92 Å². The number of rotatable bonds is 6. The van der Waals surface area contributed by atoms with Crippen molar-refractivity contribution in [3.8, 4) is 11.6 Å². The van der Waals surface area contributed by atoms with Crippen LogP contribution in [-0.2, 0) is 11.3 Å². The maximum atomic E-state index is 12.8. The normalized spacial score (nSPS) is 16.3. The van der Waals surface area contributed by atoms with Crippen molar-refractivity contribution in [2.45, 2.75) is 19.4 Å². The summed E-state index contributed by atoms with van der Waals surface area (Å²) in [6.07, 6.45) is 1.77. The molecule has 156 valence electrons. The molecule has 0 unspecified atom stereocenters. The van der Waals surface area contributed by atoms with Crippen molar-refractivity contribution >= 4 is 22.8 Å². The number of nitrogens with one attached hydrogen (secondary N) is 1. The van der Waals surface area contributed by atoms with Gasteiger partial charge in [0, 0.05) is 19.6 Å². The highest BCUT2D eigenvalue weighted by Crippen LogP contribution is 2.30. The Kier molecular flexibility index (Phi) is 5.97. The lowest BCUT2D eigenvalue weighted by atomic mass is 9.97. The maximum absolute atomic E-state index is 12.8. The first-order valence-electron chi connectivity index (χ1n) is 10.1. The van der Waals surface area contributed by atoms with Gasteiger partial charge in [-0.3, -0.25) is 4.79 Å². The molecule has 1 saturated heterocycles. The van der Waals surface area contributed by atoms with E-state index in [2.05, 4.69) is 15.2 Å². The molecular formula is C23H26N4O3. The van der Waals surface area contributed by atoms with Gasteiger partial charge >= 0.3 is 0 Å². The molecule has 2 heterocycles. The van der Waals surface area contributed by atoms with E-state index in [9.17, 15) is 4.79 Å². The predicted octanol–water partition coefficient (Wildman–Crippen LogP) is 3.18. The largest absolute Gasteiger partial charge is 0.497 e. The molecule has 3 aromatic rings. The lowest BCUT2D eigenvalue weighted by Crippen LogP contribution is -2.43. The average molecular weight is 406 g/mol. The van der Waals surface area contributed by atoms with Gasteiger partial charge in [0.2, 0.25) is 5.91 Å². The van der Waals surface area contributed by atoms with Crippen LogP contribution < -0.4 is 19.7 Å². The van der Waals surface area contributed by atoms with Crippen LogP contribution in [0.15, 0.2) is 48.5 Å². The second kappa shape index (κ2) is 8.98. The van der Waals surface area contributed by atoms with E-state index in [1.165, 1.54) is 0 Å². The van der Waals surface area contributed by atoms with Crippen LogP contribution in [0.4, 0.5) is 5.82 Å². The Balaban J connectivity index is 1.44. The molecule has 0 bridgehead atoms. The van der Waals surface area contributed by atoms with Crippen LogP contribution >= 0.6 is 0 Å². The standard InChI is InChI=1S/C23H26N4O3/c1-29-18-11-9-16(10-12-18)14-24-22(28)17-6-5-13-27(15-17)21-23(30-2)26-20-8-4-3-7-19(20)25-21/h3-4,7-12,17H,5-6,13-15H2,1-2H3,(H,24,28)/t17-/m1/s1. The number of aromatic nitrogens is 2. The van der Waals surface area contributed by atoms with Crippen LogP contribution in [0.5, 0.6) is 11.6 Å². The van der Waals surface area contributed by atoms with Gasteiger partial charge in [-0.25, -0.2) is 9.97 Å². The van der Waals surface area contributed by atoms with E-state index in [0.29, 0.717) is 24.8 Å². The highest BCUT2D eigenvalue weighted by Gasteiger charge is 2.28. The van der Waals surface area contributed by atoms with Gasteiger partial charge < -0.3 is 19.7 Å². The first kappa shape index (κ1) is 19.9. The van der Waals surface area contributed by atoms with E-state index >= 15 is 0 Å². The predicted molar refractivity (Wildman–Crippen MR) is 116 cm³/mol. The molecule has 1 atom stereocenters. The maximum Gasteiger partial charge on any atom is 0.257 e. The first-order valence-corrected chi connectivity index (χ1v) is 10.1. The van der Waals surface area contributed by atoms with Crippen LogP contribution in [0.3, 0.4) is 0 Å². The number of anilines is 1. The number of benzene rings is 2. The zero-order valence-electron chi connectivity index (χ0n) is 17.3. The fourth-order valence-corrected chi connectivity index (χ4v) is 3.78. The van der Waals surface area contributed by atoms with Crippen LogP contribution in [0.1, 0.15) is 18.4 Å². The summed E-state index contributed by atoms with van der Waals surface area (Å²) in [5.74, 6) is 1.95. The van der Waals surface area contributed by atoms with Gasteiger partial charge in [0.1, 0.15) is 5.75 Å². The molecule has 7 nitrogen and oxygen atoms in total. The average Bonchev–Trinajstić information content (AvgIpc) is 2.82. The minimum absolute atomic E-state index is 0.0585. The Morgan fingerprint density at radius 2 is 1.80 bits per heavy atom. The molecule has 1 aliphatic heterocycles. The first-order chi connectivity index (χ1) is 14.7. The zero-order valence-corrected chi connectivity index (χ0v) is 17.3. The molecule has 1 fully saturated rings. The van der Waals surface area contributed by atoms with Gasteiger partial charge in [0.25, 0.3) is 5.88 Å². The number of hydrogen-bond acceptors (Lipinski definition) is 6. The number of ether oxygens (including phenoxy) is 2. The van der Waals surface area contributed by atoms with Crippen LogP contribution in [-0.4, -0.2) is 43.2 Å². The Morgan fingerprint density at radius 1 is 1.07 bits per heavy atom. The molecule has 7 heteroatoms. The van der Waals surface area contributed by atoms with Gasteiger partial charge in [-0.15, -0.1) is 0 Å². The molecule has 1 aliphatic rings. The van der Waals surface area contributed by atoms with Crippen molar-refractivity contribution in [3.05, 3.63) is 54.1 Å². The van der Waals surface area contributed by atoms with Crippen molar-refractivity contribution in [2.75, 3.05) is 32.2 Å². The van der Waals surface area contributed by atoms with Crippen molar-refractivity contribution in [1.29, 1.82) is 0 Å². The summed E-state index contributed by atoms with van der Waals surface area (Å²) in [6.45, 7) is 1.92. The number of methoxy groups -OCH3 is 2. The quantitative estimate of drug-likeness (QED) is 0.678. The summed E-state index contributed by atoms with van der Waals surface area (Å²) in [5, 5.41) is 3.06. The molecule has 0 saturated carbocycles. The lowest BCUT2D eigenvalue weighted by molar-refractivity contribution is -0.125. The van der Waals surface area contributed by atoms with Gasteiger partial charge in [-0.1, -0.05) is 24.3 Å². The topological polar surface area (TPSA) is 76.6 Å². The minimum Gasteiger partial charge on any atom is -0.497 e. The SMILES string of the molecule is COc1ccc(CNC(=O)[C@@H]2CCCN(c3nc4ccccc4nc3OC)C2)cc1. The molecule has 30 heavy (non-hydrogen) atoms. The van der Waals surface area contributed by atoms with Crippen molar-refractivity contribution in [2.24, 2.45) is 5.92 Å². The van der Waals surface area contributed by atoms with Crippen LogP contribution in [0.2, 0.25) is 0 Å². The summed E-state index contributed by atoms with van der Waals surface area (Å²) in [6, 6.07) is 15.4. The number of carbonyl (C=O) groups is 1. The molecule has 0 spiro atoms. The number of para-hydroxylation sites is 2. The van der Waals surface area contributed by atoms with Crippen molar-refractivity contribution < 1.29 is 14.3 Å².